The molecule has 0 radical (unpaired) electrons. The first-order valence-corrected chi connectivity index (χ1v) is 7.22. The molecule has 1 fully saturated rings. The summed E-state index contributed by atoms with van der Waals surface area (Å²) in [5.41, 5.74) is 1.36. The van der Waals surface area contributed by atoms with Crippen LogP contribution in [0.1, 0.15) is 24.3 Å². The van der Waals surface area contributed by atoms with E-state index in [1.54, 1.807) is 7.11 Å². The number of hydrogen-bond acceptors (Lipinski definition) is 3. The van der Waals surface area contributed by atoms with Crippen LogP contribution in [0.4, 0.5) is 0 Å². The largest absolute Gasteiger partial charge is 0.496 e. The summed E-state index contributed by atoms with van der Waals surface area (Å²) in [5.74, 6) is 2.33. The number of likely N-dealkylation sites (tertiary alicyclic amines) is 1. The van der Waals surface area contributed by atoms with Gasteiger partial charge in [-0.2, -0.15) is 0 Å². The Morgan fingerprint density at radius 2 is 2.00 bits per heavy atom. The fourth-order valence-electron chi connectivity index (χ4n) is 3.15. The second-order valence-electron chi connectivity index (χ2n) is 5.55. The molecular weight excluding hydrogens is 236 g/mol. The van der Waals surface area contributed by atoms with Crippen molar-refractivity contribution >= 4 is 0 Å². The van der Waals surface area contributed by atoms with Gasteiger partial charge in [-0.15, -0.1) is 0 Å². The SMILES string of the molecule is CNCC(c1ccccc1OC)C1CCN(C)CC1. The third-order valence-corrected chi connectivity index (χ3v) is 4.29. The molecular formula is C16H26N2O. The molecule has 2 rings (SSSR count). The summed E-state index contributed by atoms with van der Waals surface area (Å²) in [6.07, 6.45) is 2.56. The Morgan fingerprint density at radius 1 is 1.32 bits per heavy atom. The third kappa shape index (κ3) is 3.48. The predicted molar refractivity (Wildman–Crippen MR) is 79.9 cm³/mol. The average Bonchev–Trinajstić information content (AvgIpc) is 2.46. The number of nitrogens with one attached hydrogen (secondary N) is 1. The summed E-state index contributed by atoms with van der Waals surface area (Å²) in [6.45, 7) is 3.44. The standard InChI is InChI=1S/C16H26N2O/c1-17-12-15(13-8-10-18(2)11-9-13)14-6-4-5-7-16(14)19-3/h4-7,13,15,17H,8-12H2,1-3H3. The molecule has 1 saturated heterocycles. The summed E-state index contributed by atoms with van der Waals surface area (Å²) >= 11 is 0. The van der Waals surface area contributed by atoms with Crippen LogP contribution >= 0.6 is 0 Å². The number of piperidine rings is 1. The fraction of sp³-hybridized carbons (Fsp3) is 0.625. The molecule has 1 N–H and O–H groups in total. The maximum absolute atomic E-state index is 5.55. The van der Waals surface area contributed by atoms with Crippen molar-refractivity contribution in [3.8, 4) is 5.75 Å². The van der Waals surface area contributed by atoms with Crippen molar-refractivity contribution < 1.29 is 4.74 Å². The highest BCUT2D eigenvalue weighted by atomic mass is 16.5. The molecule has 1 aliphatic rings. The number of methoxy groups -OCH3 is 1. The summed E-state index contributed by atoms with van der Waals surface area (Å²) in [7, 11) is 6.02. The van der Waals surface area contributed by atoms with E-state index in [1.807, 2.05) is 13.1 Å². The smallest absolute Gasteiger partial charge is 0.122 e. The van der Waals surface area contributed by atoms with Crippen molar-refractivity contribution in [2.75, 3.05) is 40.8 Å². The van der Waals surface area contributed by atoms with Gasteiger partial charge in [0.15, 0.2) is 0 Å². The monoisotopic (exact) mass is 262 g/mol. The molecule has 3 heteroatoms. The van der Waals surface area contributed by atoms with Gasteiger partial charge in [0, 0.05) is 12.5 Å². The first-order chi connectivity index (χ1) is 9.26. The summed E-state index contributed by atoms with van der Waals surface area (Å²) in [4.78, 5) is 2.43. The quantitative estimate of drug-likeness (QED) is 0.881. The van der Waals surface area contributed by atoms with Gasteiger partial charge in [-0.3, -0.25) is 0 Å². The number of nitrogens with zero attached hydrogens (tertiary/aromatic N) is 1. The molecule has 3 nitrogen and oxygen atoms in total. The number of hydrogen-bond donors (Lipinski definition) is 1. The van der Waals surface area contributed by atoms with E-state index in [-0.39, 0.29) is 0 Å². The Labute approximate surface area is 116 Å². The zero-order chi connectivity index (χ0) is 13.7. The first-order valence-electron chi connectivity index (χ1n) is 7.22. The van der Waals surface area contributed by atoms with Crippen LogP contribution < -0.4 is 10.1 Å². The number of para-hydroxylation sites is 1. The van der Waals surface area contributed by atoms with E-state index in [0.717, 1.165) is 18.2 Å². The van der Waals surface area contributed by atoms with Crippen molar-refractivity contribution in [3.05, 3.63) is 29.8 Å². The van der Waals surface area contributed by atoms with Crippen LogP contribution in [0.5, 0.6) is 5.75 Å². The number of benzene rings is 1. The summed E-state index contributed by atoms with van der Waals surface area (Å²) in [6, 6.07) is 8.47. The van der Waals surface area contributed by atoms with Crippen LogP contribution in [0, 0.1) is 5.92 Å². The maximum atomic E-state index is 5.55. The molecule has 1 heterocycles. The molecule has 1 aromatic rings. The number of rotatable bonds is 5. The minimum Gasteiger partial charge on any atom is -0.496 e. The van der Waals surface area contributed by atoms with Gasteiger partial charge in [0.25, 0.3) is 0 Å². The molecule has 0 aliphatic carbocycles. The Bertz CT molecular complexity index is 386. The highest BCUT2D eigenvalue weighted by molar-refractivity contribution is 5.37. The van der Waals surface area contributed by atoms with Crippen LogP contribution in [0.2, 0.25) is 0 Å². The zero-order valence-corrected chi connectivity index (χ0v) is 12.4. The minimum absolute atomic E-state index is 0.551. The Kier molecular flexibility index (Phi) is 5.23. The average molecular weight is 262 g/mol. The van der Waals surface area contributed by atoms with Gasteiger partial charge < -0.3 is 15.0 Å². The molecule has 1 aromatic carbocycles. The molecule has 0 bridgehead atoms. The lowest BCUT2D eigenvalue weighted by atomic mass is 9.79. The minimum atomic E-state index is 0.551. The fourth-order valence-corrected chi connectivity index (χ4v) is 3.15. The molecule has 0 spiro atoms. The molecule has 0 aromatic heterocycles. The van der Waals surface area contributed by atoms with Crippen LogP contribution in [-0.4, -0.2) is 45.7 Å². The molecule has 1 unspecified atom stereocenters. The molecule has 1 aliphatic heterocycles. The van der Waals surface area contributed by atoms with Crippen molar-refractivity contribution in [1.82, 2.24) is 10.2 Å². The zero-order valence-electron chi connectivity index (χ0n) is 12.4. The highest BCUT2D eigenvalue weighted by Gasteiger charge is 2.27. The van der Waals surface area contributed by atoms with Gasteiger partial charge in [0.2, 0.25) is 0 Å². The van der Waals surface area contributed by atoms with Crippen LogP contribution in [-0.2, 0) is 0 Å². The highest BCUT2D eigenvalue weighted by Crippen LogP contribution is 2.36. The van der Waals surface area contributed by atoms with Gasteiger partial charge in [0.05, 0.1) is 7.11 Å². The lowest BCUT2D eigenvalue weighted by molar-refractivity contribution is 0.195. The van der Waals surface area contributed by atoms with Gasteiger partial charge >= 0.3 is 0 Å². The predicted octanol–water partition coefficient (Wildman–Crippen LogP) is 2.34. The second kappa shape index (κ2) is 6.92. The van der Waals surface area contributed by atoms with Crippen molar-refractivity contribution in [1.29, 1.82) is 0 Å². The van der Waals surface area contributed by atoms with Gasteiger partial charge in [-0.05, 0) is 57.6 Å². The first kappa shape index (κ1) is 14.4. The normalized spacial score (nSPS) is 19.3. The van der Waals surface area contributed by atoms with E-state index >= 15 is 0 Å². The van der Waals surface area contributed by atoms with E-state index < -0.39 is 0 Å². The molecule has 0 saturated carbocycles. The lowest BCUT2D eigenvalue weighted by Crippen LogP contribution is -2.35. The van der Waals surface area contributed by atoms with Crippen LogP contribution in [0.15, 0.2) is 24.3 Å². The van der Waals surface area contributed by atoms with Crippen LogP contribution in [0.3, 0.4) is 0 Å². The molecule has 0 amide bonds. The van der Waals surface area contributed by atoms with Crippen molar-refractivity contribution in [3.63, 3.8) is 0 Å². The second-order valence-corrected chi connectivity index (χ2v) is 5.55. The molecule has 1 atom stereocenters. The van der Waals surface area contributed by atoms with E-state index in [2.05, 4.69) is 35.5 Å². The molecule has 106 valence electrons. The van der Waals surface area contributed by atoms with Crippen molar-refractivity contribution in [2.24, 2.45) is 5.92 Å². The molecule has 19 heavy (non-hydrogen) atoms. The van der Waals surface area contributed by atoms with Gasteiger partial charge in [-0.1, -0.05) is 18.2 Å². The Hall–Kier alpha value is -1.06. The Balaban J connectivity index is 2.19. The summed E-state index contributed by atoms with van der Waals surface area (Å²) < 4.78 is 5.55. The third-order valence-electron chi connectivity index (χ3n) is 4.29. The van der Waals surface area contributed by atoms with E-state index in [1.165, 1.54) is 31.5 Å². The van der Waals surface area contributed by atoms with Crippen molar-refractivity contribution in [2.45, 2.75) is 18.8 Å². The Morgan fingerprint density at radius 3 is 2.63 bits per heavy atom. The van der Waals surface area contributed by atoms with E-state index in [4.69, 9.17) is 4.74 Å². The number of likely N-dealkylation sites (N-methyl/N-ethyl adjacent to an activating group) is 1. The topological polar surface area (TPSA) is 24.5 Å². The van der Waals surface area contributed by atoms with E-state index in [9.17, 15) is 0 Å². The lowest BCUT2D eigenvalue weighted by Gasteiger charge is -2.35. The van der Waals surface area contributed by atoms with Gasteiger partial charge in [-0.25, -0.2) is 0 Å². The maximum Gasteiger partial charge on any atom is 0.122 e. The summed E-state index contributed by atoms with van der Waals surface area (Å²) in [5, 5.41) is 3.36. The number of ether oxygens (including phenoxy) is 1. The van der Waals surface area contributed by atoms with E-state index in [0.29, 0.717) is 5.92 Å². The van der Waals surface area contributed by atoms with Crippen LogP contribution in [0.25, 0.3) is 0 Å². The van der Waals surface area contributed by atoms with Gasteiger partial charge in [0.1, 0.15) is 5.75 Å².